The fraction of sp³-hybridized carbons (Fsp3) is 0.133. The Bertz CT molecular complexity index is 794. The summed E-state index contributed by atoms with van der Waals surface area (Å²) in [6.45, 7) is 0. The Kier molecular flexibility index (Phi) is 3.27. The van der Waals surface area contributed by atoms with Crippen molar-refractivity contribution < 1.29 is 14.3 Å². The molecule has 0 N–H and O–H groups in total. The molecule has 0 amide bonds. The summed E-state index contributed by atoms with van der Waals surface area (Å²) in [5.41, 5.74) is 1.98. The van der Waals surface area contributed by atoms with Crippen molar-refractivity contribution in [3.05, 3.63) is 48.2 Å². The number of carbonyl (C=O) groups is 1. The summed E-state index contributed by atoms with van der Waals surface area (Å²) in [4.78, 5) is 11.6. The second kappa shape index (κ2) is 5.24. The third-order valence-corrected chi connectivity index (χ3v) is 3.17. The minimum Gasteiger partial charge on any atom is -0.497 e. The summed E-state index contributed by atoms with van der Waals surface area (Å²) in [6, 6.07) is 10.9. The van der Waals surface area contributed by atoms with Gasteiger partial charge in [0.2, 0.25) is 0 Å². The normalized spacial score (nSPS) is 10.6. The summed E-state index contributed by atoms with van der Waals surface area (Å²) in [7, 11) is 2.97. The van der Waals surface area contributed by atoms with Gasteiger partial charge in [0, 0.05) is 11.8 Å². The van der Waals surface area contributed by atoms with E-state index in [2.05, 4.69) is 10.2 Å². The van der Waals surface area contributed by atoms with Crippen LogP contribution in [0.3, 0.4) is 0 Å². The van der Waals surface area contributed by atoms with Gasteiger partial charge in [-0.25, -0.2) is 4.79 Å². The maximum Gasteiger partial charge on any atom is 0.339 e. The number of ether oxygens (including phenoxy) is 2. The SMILES string of the molecule is COC(=O)c1ccc2nnc(-c3ccc(OC)cc3)n2c1. The van der Waals surface area contributed by atoms with E-state index in [9.17, 15) is 4.79 Å². The first-order chi connectivity index (χ1) is 10.2. The third kappa shape index (κ3) is 2.31. The summed E-state index contributed by atoms with van der Waals surface area (Å²) < 4.78 is 11.6. The molecule has 0 fully saturated rings. The molecule has 0 aliphatic heterocycles. The highest BCUT2D eigenvalue weighted by Gasteiger charge is 2.12. The largest absolute Gasteiger partial charge is 0.497 e. The van der Waals surface area contributed by atoms with Gasteiger partial charge in [-0.2, -0.15) is 0 Å². The van der Waals surface area contributed by atoms with Crippen LogP contribution in [0.25, 0.3) is 17.0 Å². The highest BCUT2D eigenvalue weighted by Crippen LogP contribution is 2.22. The molecule has 0 spiro atoms. The second-order valence-corrected chi connectivity index (χ2v) is 4.39. The van der Waals surface area contributed by atoms with E-state index >= 15 is 0 Å². The molecule has 0 aliphatic carbocycles. The van der Waals surface area contributed by atoms with Crippen molar-refractivity contribution in [2.75, 3.05) is 14.2 Å². The molecule has 0 unspecified atom stereocenters. The molecule has 0 atom stereocenters. The molecule has 21 heavy (non-hydrogen) atoms. The van der Waals surface area contributed by atoms with Crippen LogP contribution >= 0.6 is 0 Å². The van der Waals surface area contributed by atoms with Gasteiger partial charge in [-0.15, -0.1) is 10.2 Å². The second-order valence-electron chi connectivity index (χ2n) is 4.39. The zero-order chi connectivity index (χ0) is 14.8. The summed E-state index contributed by atoms with van der Waals surface area (Å²) in [5, 5.41) is 8.26. The number of benzene rings is 1. The Hall–Kier alpha value is -2.89. The first-order valence-corrected chi connectivity index (χ1v) is 6.30. The van der Waals surface area contributed by atoms with Crippen LogP contribution in [-0.2, 0) is 4.74 Å². The molecule has 1 aromatic carbocycles. The Balaban J connectivity index is 2.11. The van der Waals surface area contributed by atoms with E-state index in [1.807, 2.05) is 24.3 Å². The lowest BCUT2D eigenvalue weighted by molar-refractivity contribution is 0.0600. The van der Waals surface area contributed by atoms with Crippen molar-refractivity contribution >= 4 is 11.6 Å². The van der Waals surface area contributed by atoms with Gasteiger partial charge in [-0.05, 0) is 36.4 Å². The number of methoxy groups -OCH3 is 2. The molecule has 0 aliphatic rings. The fourth-order valence-electron chi connectivity index (χ4n) is 2.07. The number of hydrogen-bond acceptors (Lipinski definition) is 5. The lowest BCUT2D eigenvalue weighted by Crippen LogP contribution is -2.03. The van der Waals surface area contributed by atoms with Gasteiger partial charge in [0.05, 0.1) is 19.8 Å². The third-order valence-electron chi connectivity index (χ3n) is 3.17. The van der Waals surface area contributed by atoms with Crippen LogP contribution in [0, 0.1) is 0 Å². The molecule has 106 valence electrons. The lowest BCUT2D eigenvalue weighted by Gasteiger charge is -2.04. The summed E-state index contributed by atoms with van der Waals surface area (Å²) >= 11 is 0. The van der Waals surface area contributed by atoms with Crippen molar-refractivity contribution in [3.8, 4) is 17.1 Å². The van der Waals surface area contributed by atoms with Crippen LogP contribution in [0.1, 0.15) is 10.4 Å². The smallest absolute Gasteiger partial charge is 0.339 e. The van der Waals surface area contributed by atoms with E-state index in [1.54, 1.807) is 29.8 Å². The average Bonchev–Trinajstić information content (AvgIpc) is 2.97. The van der Waals surface area contributed by atoms with Gasteiger partial charge in [0.1, 0.15) is 5.75 Å². The Morgan fingerprint density at radius 3 is 2.48 bits per heavy atom. The number of pyridine rings is 1. The predicted molar refractivity (Wildman–Crippen MR) is 76.3 cm³/mol. The first-order valence-electron chi connectivity index (χ1n) is 6.30. The van der Waals surface area contributed by atoms with Crippen LogP contribution in [-0.4, -0.2) is 34.8 Å². The maximum absolute atomic E-state index is 11.6. The predicted octanol–water partition coefficient (Wildman–Crippen LogP) is 2.19. The van der Waals surface area contributed by atoms with Gasteiger partial charge < -0.3 is 9.47 Å². The van der Waals surface area contributed by atoms with Crippen LogP contribution < -0.4 is 4.74 Å². The number of fused-ring (bicyclic) bond motifs is 1. The van der Waals surface area contributed by atoms with Gasteiger partial charge in [0.25, 0.3) is 0 Å². The number of hydrogen-bond donors (Lipinski definition) is 0. The molecule has 2 heterocycles. The molecule has 0 radical (unpaired) electrons. The number of aromatic nitrogens is 3. The molecule has 2 aromatic heterocycles. The zero-order valence-corrected chi connectivity index (χ0v) is 11.6. The van der Waals surface area contributed by atoms with Gasteiger partial charge >= 0.3 is 5.97 Å². The van der Waals surface area contributed by atoms with Gasteiger partial charge in [-0.1, -0.05) is 0 Å². The summed E-state index contributed by atoms with van der Waals surface area (Å²) in [6.07, 6.45) is 1.67. The topological polar surface area (TPSA) is 65.7 Å². The molecule has 0 bridgehead atoms. The molecule has 6 nitrogen and oxygen atoms in total. The Morgan fingerprint density at radius 2 is 1.81 bits per heavy atom. The van der Waals surface area contributed by atoms with E-state index in [4.69, 9.17) is 9.47 Å². The first kappa shape index (κ1) is 13.1. The van der Waals surface area contributed by atoms with E-state index in [-0.39, 0.29) is 0 Å². The minimum atomic E-state index is -0.397. The van der Waals surface area contributed by atoms with Crippen molar-refractivity contribution in [2.45, 2.75) is 0 Å². The number of nitrogens with zero attached hydrogens (tertiary/aromatic N) is 3. The van der Waals surface area contributed by atoms with Crippen molar-refractivity contribution in [2.24, 2.45) is 0 Å². The average molecular weight is 283 g/mol. The Morgan fingerprint density at radius 1 is 1.05 bits per heavy atom. The minimum absolute atomic E-state index is 0.397. The Labute approximate surface area is 120 Å². The van der Waals surface area contributed by atoms with E-state index in [1.165, 1.54) is 7.11 Å². The molecule has 3 aromatic rings. The van der Waals surface area contributed by atoms with E-state index in [0.29, 0.717) is 17.0 Å². The van der Waals surface area contributed by atoms with Crippen LogP contribution in [0.15, 0.2) is 42.6 Å². The van der Waals surface area contributed by atoms with Crippen LogP contribution in [0.4, 0.5) is 0 Å². The monoisotopic (exact) mass is 283 g/mol. The molecular weight excluding hydrogens is 270 g/mol. The number of rotatable bonds is 3. The van der Waals surface area contributed by atoms with E-state index in [0.717, 1.165) is 11.3 Å². The molecule has 6 heteroatoms. The van der Waals surface area contributed by atoms with Crippen LogP contribution in [0.2, 0.25) is 0 Å². The quantitative estimate of drug-likeness (QED) is 0.689. The number of esters is 1. The summed E-state index contributed by atoms with van der Waals surface area (Å²) in [5.74, 6) is 1.02. The van der Waals surface area contributed by atoms with Crippen molar-refractivity contribution in [3.63, 3.8) is 0 Å². The zero-order valence-electron chi connectivity index (χ0n) is 11.6. The maximum atomic E-state index is 11.6. The molecule has 3 rings (SSSR count). The van der Waals surface area contributed by atoms with Crippen LogP contribution in [0.5, 0.6) is 5.75 Å². The fourth-order valence-corrected chi connectivity index (χ4v) is 2.07. The number of carbonyl (C=O) groups excluding carboxylic acids is 1. The van der Waals surface area contributed by atoms with Gasteiger partial charge in [0.15, 0.2) is 11.5 Å². The van der Waals surface area contributed by atoms with E-state index < -0.39 is 5.97 Å². The van der Waals surface area contributed by atoms with Crippen molar-refractivity contribution in [1.29, 1.82) is 0 Å². The standard InChI is InChI=1S/C15H13N3O3/c1-20-12-6-3-10(4-7-12)14-17-16-13-8-5-11(9-18(13)14)15(19)21-2/h3-9H,1-2H3. The molecule has 0 saturated heterocycles. The lowest BCUT2D eigenvalue weighted by atomic mass is 10.2. The highest BCUT2D eigenvalue weighted by molar-refractivity contribution is 5.89. The highest BCUT2D eigenvalue weighted by atomic mass is 16.5. The van der Waals surface area contributed by atoms with Gasteiger partial charge in [-0.3, -0.25) is 4.40 Å². The van der Waals surface area contributed by atoms with Crippen molar-refractivity contribution in [1.82, 2.24) is 14.6 Å². The molecular formula is C15H13N3O3. The molecule has 0 saturated carbocycles.